The van der Waals surface area contributed by atoms with Crippen molar-refractivity contribution >= 4 is 23.9 Å². The van der Waals surface area contributed by atoms with E-state index in [0.717, 1.165) is 0 Å². The fraction of sp³-hybridized carbons (Fsp3) is 0.500. The maximum atomic E-state index is 10.5. The van der Waals surface area contributed by atoms with Crippen LogP contribution in [0.25, 0.3) is 0 Å². The van der Waals surface area contributed by atoms with Gasteiger partial charge in [0.05, 0.1) is 0 Å². The molecule has 0 unspecified atom stereocenters. The molecule has 0 saturated heterocycles. The van der Waals surface area contributed by atoms with Crippen LogP contribution in [0.5, 0.6) is 0 Å². The molecule has 10 nitrogen and oxygen atoms in total. The minimum atomic E-state index is -5.19. The SMILES string of the molecule is O=C([O-])C(F)(F)F.O=C([O-])C(F)(F)F.[NH3+][C@@H](C/C=C\C[C@H]([NH3+])C(=O)O)C(=O)O. The van der Waals surface area contributed by atoms with Gasteiger partial charge in [0.2, 0.25) is 0 Å². The van der Waals surface area contributed by atoms with Gasteiger partial charge in [-0.3, -0.25) is 0 Å². The van der Waals surface area contributed by atoms with Crippen molar-refractivity contribution in [3.63, 3.8) is 0 Å². The minimum absolute atomic E-state index is 0.307. The zero-order valence-corrected chi connectivity index (χ0v) is 13.7. The summed E-state index contributed by atoms with van der Waals surface area (Å²) in [5.41, 5.74) is 6.81. The lowest BCUT2D eigenvalue weighted by atomic mass is 10.1. The highest BCUT2D eigenvalue weighted by atomic mass is 19.4. The van der Waals surface area contributed by atoms with Crippen molar-refractivity contribution < 1.29 is 77.4 Å². The fourth-order valence-corrected chi connectivity index (χ4v) is 0.723. The number of carbonyl (C=O) groups excluding carboxylic acids is 2. The molecule has 0 amide bonds. The van der Waals surface area contributed by atoms with Gasteiger partial charge >= 0.3 is 24.3 Å². The van der Waals surface area contributed by atoms with E-state index in [0.29, 0.717) is 12.8 Å². The molecule has 0 heterocycles. The first-order chi connectivity index (χ1) is 12.3. The Morgan fingerprint density at radius 3 is 1.04 bits per heavy atom. The molecule has 8 N–H and O–H groups in total. The van der Waals surface area contributed by atoms with Crippen LogP contribution < -0.4 is 21.7 Å². The van der Waals surface area contributed by atoms with Gasteiger partial charge in [-0.25, -0.2) is 9.59 Å². The third-order valence-electron chi connectivity index (χ3n) is 2.17. The smallest absolute Gasteiger partial charge is 0.430 e. The van der Waals surface area contributed by atoms with E-state index in [1.54, 1.807) is 12.2 Å². The van der Waals surface area contributed by atoms with Crippen molar-refractivity contribution in [3.05, 3.63) is 12.2 Å². The van der Waals surface area contributed by atoms with Gasteiger partial charge in [0.15, 0.2) is 12.1 Å². The molecule has 0 aliphatic carbocycles. The maximum absolute atomic E-state index is 10.5. The van der Waals surface area contributed by atoms with Crippen LogP contribution in [0.4, 0.5) is 26.3 Å². The predicted octanol–water partition coefficient (Wildman–Crippen LogP) is -3.69. The molecule has 0 aromatic heterocycles. The van der Waals surface area contributed by atoms with E-state index in [2.05, 4.69) is 11.5 Å². The van der Waals surface area contributed by atoms with Gasteiger partial charge in [0.1, 0.15) is 11.9 Å². The molecule has 0 bridgehead atoms. The lowest BCUT2D eigenvalue weighted by Gasteiger charge is -2.03. The summed E-state index contributed by atoms with van der Waals surface area (Å²) in [5, 5.41) is 34.5. The average Bonchev–Trinajstić information content (AvgIpc) is 2.50. The highest BCUT2D eigenvalue weighted by Crippen LogP contribution is 2.12. The van der Waals surface area contributed by atoms with Crippen molar-refractivity contribution in [2.75, 3.05) is 0 Å². The van der Waals surface area contributed by atoms with E-state index in [1.165, 1.54) is 0 Å². The molecule has 0 rings (SSSR count). The monoisotopic (exact) mass is 430 g/mol. The first-order valence-electron chi connectivity index (χ1n) is 6.67. The molecule has 0 fully saturated rings. The summed E-state index contributed by atoms with van der Waals surface area (Å²) in [7, 11) is 0. The average molecular weight is 430 g/mol. The number of carbonyl (C=O) groups is 4. The zero-order chi connectivity index (χ0) is 23.3. The zero-order valence-electron chi connectivity index (χ0n) is 13.7. The maximum Gasteiger partial charge on any atom is 0.430 e. The van der Waals surface area contributed by atoms with Gasteiger partial charge in [0.25, 0.3) is 0 Å². The van der Waals surface area contributed by atoms with Crippen molar-refractivity contribution in [3.8, 4) is 0 Å². The number of hydrogen-bond donors (Lipinski definition) is 4. The molecular weight excluding hydrogens is 414 g/mol. The van der Waals surface area contributed by atoms with Gasteiger partial charge in [0, 0.05) is 12.8 Å². The van der Waals surface area contributed by atoms with E-state index >= 15 is 0 Å². The molecule has 0 aliphatic rings. The number of hydrogen-bond acceptors (Lipinski definition) is 6. The second-order valence-electron chi connectivity index (χ2n) is 4.58. The van der Waals surface area contributed by atoms with E-state index in [4.69, 9.17) is 30.0 Å². The highest BCUT2D eigenvalue weighted by molar-refractivity contribution is 5.72. The van der Waals surface area contributed by atoms with Crippen LogP contribution in [0.1, 0.15) is 12.8 Å². The molecule has 0 spiro atoms. The Morgan fingerprint density at radius 2 is 0.929 bits per heavy atom. The van der Waals surface area contributed by atoms with Crippen LogP contribution in [0.2, 0.25) is 0 Å². The van der Waals surface area contributed by atoms with Gasteiger partial charge in [-0.05, 0) is 0 Å². The quantitative estimate of drug-likeness (QED) is 0.243. The van der Waals surface area contributed by atoms with Crippen molar-refractivity contribution in [2.45, 2.75) is 37.3 Å². The molecule has 0 aliphatic heterocycles. The predicted molar refractivity (Wildman–Crippen MR) is 69.1 cm³/mol. The van der Waals surface area contributed by atoms with E-state index in [-0.39, 0.29) is 0 Å². The largest absolute Gasteiger partial charge is 0.542 e. The summed E-state index contributed by atoms with van der Waals surface area (Å²) in [6.07, 6.45) is -6.54. The van der Waals surface area contributed by atoms with Crippen LogP contribution in [0, 0.1) is 0 Å². The molecule has 0 aromatic rings. The summed E-state index contributed by atoms with van der Waals surface area (Å²) in [6.45, 7) is 0. The second-order valence-corrected chi connectivity index (χ2v) is 4.58. The second kappa shape index (κ2) is 13.3. The Bertz CT molecular complexity index is 513. The van der Waals surface area contributed by atoms with Crippen molar-refractivity contribution in [1.82, 2.24) is 0 Å². The Morgan fingerprint density at radius 1 is 0.750 bits per heavy atom. The van der Waals surface area contributed by atoms with Gasteiger partial charge in [-0.15, -0.1) is 0 Å². The first kappa shape index (κ1) is 29.9. The minimum Gasteiger partial charge on any atom is -0.542 e. The number of carboxylic acid groups (broad SMARTS) is 4. The van der Waals surface area contributed by atoms with Gasteiger partial charge in [-0.1, -0.05) is 12.2 Å². The summed E-state index contributed by atoms with van der Waals surface area (Å²) in [4.78, 5) is 38.2. The summed E-state index contributed by atoms with van der Waals surface area (Å²) < 4.78 is 63.1. The van der Waals surface area contributed by atoms with Crippen molar-refractivity contribution in [1.29, 1.82) is 0 Å². The lowest BCUT2D eigenvalue weighted by Crippen LogP contribution is -2.65. The molecule has 2 atom stereocenters. The number of alkyl halides is 6. The molecule has 28 heavy (non-hydrogen) atoms. The van der Waals surface area contributed by atoms with Crippen LogP contribution >= 0.6 is 0 Å². The number of halogens is 6. The number of quaternary nitrogens is 2. The Labute approximate surface area is 152 Å². The van der Waals surface area contributed by atoms with Gasteiger partial charge in [-0.2, -0.15) is 26.3 Å². The molecule has 0 aromatic carbocycles. The molecule has 0 radical (unpaired) electrons. The van der Waals surface area contributed by atoms with Crippen molar-refractivity contribution in [2.24, 2.45) is 0 Å². The number of aliphatic carboxylic acids is 4. The Balaban J connectivity index is -0.000000375. The topological polar surface area (TPSA) is 210 Å². The molecule has 0 saturated carbocycles. The highest BCUT2D eigenvalue weighted by Gasteiger charge is 2.29. The van der Waals surface area contributed by atoms with Crippen LogP contribution in [0.3, 0.4) is 0 Å². The standard InChI is InChI=1S/C8H14N2O4.2C2HF3O2/c9-5(7(11)12)3-1-2-4-6(10)8(13)14;2*3-2(4,5)1(6)7/h1-2,5-6H,3-4,9-10H2,(H,11,12)(H,13,14);2*(H,6,7)/b2-1-;;/t5-,6-;;/m0../s1. The fourth-order valence-electron chi connectivity index (χ4n) is 0.723. The van der Waals surface area contributed by atoms with Crippen LogP contribution in [-0.4, -0.2) is 58.5 Å². The van der Waals surface area contributed by atoms with E-state index < -0.39 is 48.3 Å². The number of rotatable bonds is 6. The Kier molecular flexibility index (Phi) is 14.2. The molecule has 164 valence electrons. The molecule has 16 heteroatoms. The van der Waals surface area contributed by atoms with Crippen LogP contribution in [0.15, 0.2) is 12.2 Å². The first-order valence-corrected chi connectivity index (χ1v) is 6.67. The third kappa shape index (κ3) is 19.4. The summed E-state index contributed by atoms with van der Waals surface area (Å²) in [6, 6.07) is -1.36. The normalized spacial score (nSPS) is 13.3. The lowest BCUT2D eigenvalue weighted by molar-refractivity contribution is -0.407. The third-order valence-corrected chi connectivity index (χ3v) is 2.17. The number of carboxylic acids is 4. The van der Waals surface area contributed by atoms with Crippen LogP contribution in [-0.2, 0) is 19.2 Å². The molecular formula is C12H16F6N2O8. The Hall–Kier alpha value is -2.88. The summed E-state index contributed by atoms with van der Waals surface area (Å²) >= 11 is 0. The van der Waals surface area contributed by atoms with E-state index in [9.17, 15) is 35.9 Å². The summed E-state index contributed by atoms with van der Waals surface area (Å²) in [5.74, 6) is -7.93. The van der Waals surface area contributed by atoms with E-state index in [1.807, 2.05) is 0 Å². The van der Waals surface area contributed by atoms with Gasteiger partial charge < -0.3 is 41.5 Å².